The Kier molecular flexibility index (Phi) is 12.3. The molecular weight excluding hydrogens is 636 g/mol. The highest BCUT2D eigenvalue weighted by Crippen LogP contribution is 2.30. The van der Waals surface area contributed by atoms with Crippen LogP contribution in [0.2, 0.25) is 0 Å². The third kappa shape index (κ3) is 8.52. The summed E-state index contributed by atoms with van der Waals surface area (Å²) in [4.78, 5) is 30.7. The Bertz CT molecular complexity index is 1620. The second-order valence-corrected chi connectivity index (χ2v) is 15.0. The first-order valence-electron chi connectivity index (χ1n) is 18.5. The van der Waals surface area contributed by atoms with Crippen LogP contribution in [0.4, 0.5) is 0 Å². The minimum Gasteiger partial charge on any atom is -0.339 e. The van der Waals surface area contributed by atoms with Crippen molar-refractivity contribution >= 4 is 24.2 Å². The summed E-state index contributed by atoms with van der Waals surface area (Å²) in [6.07, 6.45) is 8.13. The number of likely N-dealkylation sites (tertiary alicyclic amines) is 2. The molecule has 0 atom stereocenters. The van der Waals surface area contributed by atoms with Crippen LogP contribution < -0.4 is 0 Å². The second kappa shape index (κ2) is 16.4. The average Bonchev–Trinajstić information content (AvgIpc) is 3.12. The van der Waals surface area contributed by atoms with E-state index in [2.05, 4.69) is 99.9 Å². The van der Waals surface area contributed by atoms with Crippen LogP contribution in [0.5, 0.6) is 0 Å². The predicted octanol–water partition coefficient (Wildman–Crippen LogP) is 10.9. The highest BCUT2D eigenvalue weighted by Gasteiger charge is 2.26. The number of aryl methyl sites for hydroxylation is 4. The molecule has 2 fully saturated rings. The van der Waals surface area contributed by atoms with Gasteiger partial charge < -0.3 is 9.80 Å². The van der Waals surface area contributed by atoms with Gasteiger partial charge >= 0.3 is 0 Å². The number of rotatable bonds is 8. The standard InChI is InChI=1S/C45H54N2O2.ClH/c1-30-26-42(27-31(2)34(30)5)38-10-14-40(15-11-38)44(48)46-22-18-36(19-23-46)8-7-9-37-20-24-47(25-21-37)45(49)41-16-12-39(13-17-41)43-28-32(3)35(6)33(4)29-43;/h10-17,26-29,36-37H,7-9,18-25H2,1-6H3;1H. The number of carbonyl (C=O) groups is 2. The van der Waals surface area contributed by atoms with Crippen molar-refractivity contribution in [3.63, 3.8) is 0 Å². The van der Waals surface area contributed by atoms with Crippen LogP contribution in [0, 0.1) is 53.4 Å². The first-order chi connectivity index (χ1) is 23.6. The van der Waals surface area contributed by atoms with E-state index in [1.807, 2.05) is 24.3 Å². The van der Waals surface area contributed by atoms with Gasteiger partial charge in [0.2, 0.25) is 0 Å². The summed E-state index contributed by atoms with van der Waals surface area (Å²) in [5, 5.41) is 0. The van der Waals surface area contributed by atoms with Crippen molar-refractivity contribution in [2.24, 2.45) is 11.8 Å². The lowest BCUT2D eigenvalue weighted by Gasteiger charge is -2.34. The van der Waals surface area contributed by atoms with Gasteiger partial charge in [-0.25, -0.2) is 0 Å². The molecule has 0 radical (unpaired) electrons. The summed E-state index contributed by atoms with van der Waals surface area (Å²) in [6, 6.07) is 25.3. The molecule has 0 unspecified atom stereocenters. The number of benzene rings is 4. The summed E-state index contributed by atoms with van der Waals surface area (Å²) in [5.41, 5.74) is 14.2. The molecule has 264 valence electrons. The van der Waals surface area contributed by atoms with Gasteiger partial charge in [-0.3, -0.25) is 9.59 Å². The number of hydrogen-bond acceptors (Lipinski definition) is 2. The Morgan fingerprint density at radius 2 is 0.800 bits per heavy atom. The van der Waals surface area contributed by atoms with E-state index in [0.29, 0.717) is 11.8 Å². The van der Waals surface area contributed by atoms with Crippen LogP contribution in [0.25, 0.3) is 22.3 Å². The number of piperidine rings is 2. The van der Waals surface area contributed by atoms with Crippen molar-refractivity contribution in [1.82, 2.24) is 9.80 Å². The van der Waals surface area contributed by atoms with Crippen molar-refractivity contribution in [3.05, 3.63) is 117 Å². The van der Waals surface area contributed by atoms with E-state index < -0.39 is 0 Å². The number of amides is 2. The van der Waals surface area contributed by atoms with Crippen molar-refractivity contribution in [1.29, 1.82) is 0 Å². The van der Waals surface area contributed by atoms with Crippen LogP contribution >= 0.6 is 12.4 Å². The SMILES string of the molecule is Cc1cc(-c2ccc(C(=O)N3CCC(CCCC4CCN(C(=O)c5ccc(-c6cc(C)c(C)c(C)c6)cc5)CC4)CC3)cc2)cc(C)c1C.Cl. The molecule has 0 aliphatic carbocycles. The van der Waals surface area contributed by atoms with Crippen molar-refractivity contribution in [2.75, 3.05) is 26.2 Å². The molecule has 2 amide bonds. The molecule has 50 heavy (non-hydrogen) atoms. The van der Waals surface area contributed by atoms with Crippen molar-refractivity contribution < 1.29 is 9.59 Å². The fourth-order valence-electron chi connectivity index (χ4n) is 7.93. The van der Waals surface area contributed by atoms with E-state index in [0.717, 1.165) is 74.1 Å². The van der Waals surface area contributed by atoms with Crippen LogP contribution in [0.3, 0.4) is 0 Å². The van der Waals surface area contributed by atoms with Gasteiger partial charge in [-0.1, -0.05) is 67.8 Å². The maximum Gasteiger partial charge on any atom is 0.253 e. The fourth-order valence-corrected chi connectivity index (χ4v) is 7.93. The summed E-state index contributed by atoms with van der Waals surface area (Å²) >= 11 is 0. The van der Waals surface area contributed by atoms with Crippen LogP contribution in [-0.2, 0) is 0 Å². The zero-order chi connectivity index (χ0) is 34.7. The summed E-state index contributed by atoms with van der Waals surface area (Å²) in [5.74, 6) is 1.73. The maximum absolute atomic E-state index is 13.3. The fraction of sp³-hybridized carbons (Fsp3) is 0.422. The average molecular weight is 691 g/mol. The lowest BCUT2D eigenvalue weighted by Crippen LogP contribution is -2.39. The normalized spacial score (nSPS) is 15.6. The first kappa shape index (κ1) is 37.4. The molecule has 2 heterocycles. The number of carbonyl (C=O) groups excluding carboxylic acids is 2. The third-order valence-corrected chi connectivity index (χ3v) is 11.8. The van der Waals surface area contributed by atoms with Gasteiger partial charge in [0, 0.05) is 37.3 Å². The second-order valence-electron chi connectivity index (χ2n) is 15.0. The molecule has 0 bridgehead atoms. The molecule has 6 rings (SSSR count). The summed E-state index contributed by atoms with van der Waals surface area (Å²) in [7, 11) is 0. The number of halogens is 1. The molecule has 0 N–H and O–H groups in total. The van der Waals surface area contributed by atoms with Crippen molar-refractivity contribution in [3.8, 4) is 22.3 Å². The number of nitrogens with zero attached hydrogens (tertiary/aromatic N) is 2. The quantitative estimate of drug-likeness (QED) is 0.185. The maximum atomic E-state index is 13.3. The smallest absolute Gasteiger partial charge is 0.253 e. The van der Waals surface area contributed by atoms with Gasteiger partial charge in [-0.2, -0.15) is 0 Å². The zero-order valence-electron chi connectivity index (χ0n) is 31.0. The molecule has 0 aromatic heterocycles. The van der Waals surface area contributed by atoms with Gasteiger partial charge in [0.1, 0.15) is 0 Å². The Balaban J connectivity index is 0.00000486. The highest BCUT2D eigenvalue weighted by atomic mass is 35.5. The topological polar surface area (TPSA) is 40.6 Å². The van der Waals surface area contributed by atoms with Gasteiger partial charge in [0.25, 0.3) is 11.8 Å². The molecule has 5 heteroatoms. The minimum absolute atomic E-state index is 0. The van der Waals surface area contributed by atoms with E-state index in [1.165, 1.54) is 63.8 Å². The lowest BCUT2D eigenvalue weighted by atomic mass is 9.86. The van der Waals surface area contributed by atoms with Gasteiger partial charge in [0.15, 0.2) is 0 Å². The minimum atomic E-state index is 0. The summed E-state index contributed by atoms with van der Waals surface area (Å²) < 4.78 is 0. The molecule has 2 saturated heterocycles. The Morgan fingerprint density at radius 3 is 1.10 bits per heavy atom. The van der Waals surface area contributed by atoms with E-state index in [-0.39, 0.29) is 24.2 Å². The molecule has 4 nitrogen and oxygen atoms in total. The largest absolute Gasteiger partial charge is 0.339 e. The molecule has 0 saturated carbocycles. The Hall–Kier alpha value is -3.89. The molecule has 2 aliphatic heterocycles. The van der Waals surface area contributed by atoms with Crippen molar-refractivity contribution in [2.45, 2.75) is 86.5 Å². The third-order valence-electron chi connectivity index (χ3n) is 11.8. The molecule has 0 spiro atoms. The molecular formula is C45H55ClN2O2. The van der Waals surface area contributed by atoms with Gasteiger partial charge in [-0.15, -0.1) is 12.4 Å². The monoisotopic (exact) mass is 690 g/mol. The Morgan fingerprint density at radius 1 is 0.500 bits per heavy atom. The Labute approximate surface area is 306 Å². The highest BCUT2D eigenvalue weighted by molar-refractivity contribution is 5.95. The summed E-state index contributed by atoms with van der Waals surface area (Å²) in [6.45, 7) is 16.4. The molecule has 4 aromatic rings. The molecule has 4 aromatic carbocycles. The van der Waals surface area contributed by atoms with E-state index >= 15 is 0 Å². The van der Waals surface area contributed by atoms with Crippen LogP contribution in [0.1, 0.15) is 99.0 Å². The van der Waals surface area contributed by atoms with E-state index in [9.17, 15) is 9.59 Å². The van der Waals surface area contributed by atoms with E-state index in [1.54, 1.807) is 0 Å². The van der Waals surface area contributed by atoms with E-state index in [4.69, 9.17) is 0 Å². The van der Waals surface area contributed by atoms with Gasteiger partial charge in [-0.05, 0) is 159 Å². The van der Waals surface area contributed by atoms with Crippen LogP contribution in [-0.4, -0.2) is 47.8 Å². The number of hydrogen-bond donors (Lipinski definition) is 0. The first-order valence-corrected chi connectivity index (χ1v) is 18.5. The van der Waals surface area contributed by atoms with Gasteiger partial charge in [0.05, 0.1) is 0 Å². The lowest BCUT2D eigenvalue weighted by molar-refractivity contribution is 0.0680. The molecule has 2 aliphatic rings. The predicted molar refractivity (Wildman–Crippen MR) is 211 cm³/mol. The zero-order valence-corrected chi connectivity index (χ0v) is 31.8. The van der Waals surface area contributed by atoms with Crippen LogP contribution in [0.15, 0.2) is 72.8 Å².